The van der Waals surface area contributed by atoms with Crippen LogP contribution >= 0.6 is 0 Å². The molecule has 1 aromatic heterocycles. The van der Waals surface area contributed by atoms with Gasteiger partial charge in [-0.05, 0) is 55.5 Å². The smallest absolute Gasteiger partial charge is 0.321 e. The molecule has 2 aromatic carbocycles. The van der Waals surface area contributed by atoms with Crippen molar-refractivity contribution in [2.45, 2.75) is 26.0 Å². The molecule has 10 nitrogen and oxygen atoms in total. The normalized spacial score (nSPS) is 17.5. The zero-order chi connectivity index (χ0) is 28.8. The van der Waals surface area contributed by atoms with E-state index in [1.54, 1.807) is 49.2 Å². The van der Waals surface area contributed by atoms with E-state index >= 15 is 0 Å². The molecule has 0 unspecified atom stereocenters. The Morgan fingerprint density at radius 1 is 1.15 bits per heavy atom. The number of hydrogen-bond donors (Lipinski definition) is 3. The quantitative estimate of drug-likeness (QED) is 0.411. The van der Waals surface area contributed by atoms with Crippen LogP contribution < -0.4 is 15.4 Å². The summed E-state index contributed by atoms with van der Waals surface area (Å²) in [6, 6.07) is 12.5. The molecule has 2 heterocycles. The van der Waals surface area contributed by atoms with Crippen molar-refractivity contribution in [2.24, 2.45) is 5.92 Å². The number of rotatable bonds is 7. The van der Waals surface area contributed by atoms with Crippen LogP contribution in [0.15, 0.2) is 67.0 Å². The first-order valence-corrected chi connectivity index (χ1v) is 12.9. The summed E-state index contributed by atoms with van der Waals surface area (Å²) in [7, 11) is 1.60. The minimum absolute atomic E-state index is 0.135. The number of anilines is 2. The van der Waals surface area contributed by atoms with Crippen molar-refractivity contribution >= 4 is 29.2 Å². The number of halogens is 1. The van der Waals surface area contributed by atoms with Crippen molar-refractivity contribution in [3.63, 3.8) is 0 Å². The van der Waals surface area contributed by atoms with Gasteiger partial charge in [-0.2, -0.15) is 0 Å². The number of likely N-dealkylation sites (N-methyl/N-ethyl adjacent to an activating group) is 1. The van der Waals surface area contributed by atoms with Crippen LogP contribution in [-0.2, 0) is 0 Å². The van der Waals surface area contributed by atoms with E-state index in [4.69, 9.17) is 4.74 Å². The number of aliphatic hydroxyl groups is 1. The first kappa shape index (κ1) is 28.5. The number of fused-ring (bicyclic) bond motifs is 1. The average molecular weight is 550 g/mol. The molecule has 0 spiro atoms. The molecule has 0 saturated carbocycles. The minimum Gasteiger partial charge on any atom is -0.485 e. The maximum absolute atomic E-state index is 13.6. The van der Waals surface area contributed by atoms with E-state index < -0.39 is 29.9 Å². The first-order valence-electron chi connectivity index (χ1n) is 12.9. The summed E-state index contributed by atoms with van der Waals surface area (Å²) in [6.07, 6.45) is 2.41. The fourth-order valence-corrected chi connectivity index (χ4v) is 4.36. The van der Waals surface area contributed by atoms with Crippen molar-refractivity contribution in [1.29, 1.82) is 0 Å². The second kappa shape index (κ2) is 12.6. The lowest BCUT2D eigenvalue weighted by Crippen LogP contribution is -2.50. The second-order valence-corrected chi connectivity index (χ2v) is 9.81. The number of carbonyl (C=O) groups excluding carboxylic acids is 3. The largest absolute Gasteiger partial charge is 0.485 e. The number of para-hydroxylation sites is 1. The number of hydrogen-bond acceptors (Lipinski definition) is 6. The van der Waals surface area contributed by atoms with Gasteiger partial charge in [-0.3, -0.25) is 14.6 Å². The SMILES string of the molecule is C[C@H]1CN([C@@H](C)CO)C(=O)c2cccc(NC(=O)c3ccncc3)c2O[C@H]1CN(C)C(=O)Nc1ccc(F)cc1. The van der Waals surface area contributed by atoms with Gasteiger partial charge < -0.3 is 30.3 Å². The highest BCUT2D eigenvalue weighted by Gasteiger charge is 2.35. The highest BCUT2D eigenvalue weighted by Crippen LogP contribution is 2.35. The van der Waals surface area contributed by atoms with Crippen LogP contribution in [0.1, 0.15) is 34.6 Å². The molecule has 1 aliphatic rings. The molecular weight excluding hydrogens is 517 g/mol. The fourth-order valence-electron chi connectivity index (χ4n) is 4.36. The van der Waals surface area contributed by atoms with Crippen LogP contribution in [0.25, 0.3) is 0 Å². The zero-order valence-corrected chi connectivity index (χ0v) is 22.5. The van der Waals surface area contributed by atoms with Gasteiger partial charge >= 0.3 is 6.03 Å². The fraction of sp³-hybridized carbons (Fsp3) is 0.310. The summed E-state index contributed by atoms with van der Waals surface area (Å²) in [6.45, 7) is 3.81. The molecule has 0 saturated heterocycles. The Labute approximate surface area is 231 Å². The molecule has 210 valence electrons. The van der Waals surface area contributed by atoms with Crippen LogP contribution in [0.5, 0.6) is 5.75 Å². The van der Waals surface area contributed by atoms with E-state index in [0.29, 0.717) is 16.9 Å². The van der Waals surface area contributed by atoms with Crippen molar-refractivity contribution < 1.29 is 28.6 Å². The van der Waals surface area contributed by atoms with Crippen molar-refractivity contribution in [3.8, 4) is 5.75 Å². The molecule has 0 bridgehead atoms. The van der Waals surface area contributed by atoms with Crippen LogP contribution in [0.2, 0.25) is 0 Å². The lowest BCUT2D eigenvalue weighted by atomic mass is 9.99. The predicted molar refractivity (Wildman–Crippen MR) is 148 cm³/mol. The van der Waals surface area contributed by atoms with E-state index in [9.17, 15) is 23.9 Å². The Balaban J connectivity index is 1.64. The molecule has 3 aromatic rings. The maximum atomic E-state index is 13.6. The molecule has 4 rings (SSSR count). The summed E-state index contributed by atoms with van der Waals surface area (Å²) >= 11 is 0. The van der Waals surface area contributed by atoms with E-state index in [1.807, 2.05) is 6.92 Å². The second-order valence-electron chi connectivity index (χ2n) is 9.81. The van der Waals surface area contributed by atoms with Crippen molar-refractivity contribution in [2.75, 3.05) is 37.4 Å². The lowest BCUT2D eigenvalue weighted by molar-refractivity contribution is 0.0372. The highest BCUT2D eigenvalue weighted by atomic mass is 19.1. The van der Waals surface area contributed by atoms with Crippen LogP contribution in [0, 0.1) is 11.7 Å². The molecule has 4 amide bonds. The van der Waals surface area contributed by atoms with Gasteiger partial charge in [0.1, 0.15) is 11.9 Å². The van der Waals surface area contributed by atoms with E-state index in [2.05, 4.69) is 15.6 Å². The van der Waals surface area contributed by atoms with Crippen molar-refractivity contribution in [1.82, 2.24) is 14.8 Å². The molecule has 0 radical (unpaired) electrons. The van der Waals surface area contributed by atoms with Gasteiger partial charge in [0.05, 0.1) is 30.4 Å². The Hall–Kier alpha value is -4.51. The van der Waals surface area contributed by atoms with Gasteiger partial charge in [-0.1, -0.05) is 13.0 Å². The Morgan fingerprint density at radius 3 is 2.52 bits per heavy atom. The lowest BCUT2D eigenvalue weighted by Gasteiger charge is -2.38. The van der Waals surface area contributed by atoms with E-state index in [1.165, 1.54) is 41.6 Å². The number of nitrogens with zero attached hydrogens (tertiary/aromatic N) is 3. The third kappa shape index (κ3) is 6.55. The number of amides is 4. The minimum atomic E-state index is -0.594. The van der Waals surface area contributed by atoms with Gasteiger partial charge in [-0.15, -0.1) is 0 Å². The molecule has 11 heteroatoms. The summed E-state index contributed by atoms with van der Waals surface area (Å²) in [5, 5.41) is 15.4. The van der Waals surface area contributed by atoms with Gasteiger partial charge in [0.25, 0.3) is 11.8 Å². The maximum Gasteiger partial charge on any atom is 0.321 e. The summed E-state index contributed by atoms with van der Waals surface area (Å²) in [4.78, 5) is 46.4. The number of aliphatic hydroxyl groups excluding tert-OH is 1. The standard InChI is InChI=1S/C29H32FN5O5/c1-18-15-35(19(2)17-36)28(38)23-5-4-6-24(33-27(37)20-11-13-31-14-12-20)26(23)40-25(18)16-34(3)29(39)32-22-9-7-21(30)8-10-22/h4-14,18-19,25,36H,15-17H2,1-3H3,(H,32,39)(H,33,37)/t18-,19-,25-/m0/s1. The number of ether oxygens (including phenoxy) is 1. The molecule has 0 aliphatic carbocycles. The molecule has 0 fully saturated rings. The highest BCUT2D eigenvalue weighted by molar-refractivity contribution is 6.07. The summed E-state index contributed by atoms with van der Waals surface area (Å²) < 4.78 is 19.7. The number of aromatic nitrogens is 1. The number of carbonyl (C=O) groups is 3. The Bertz CT molecular complexity index is 1350. The Morgan fingerprint density at radius 2 is 1.85 bits per heavy atom. The van der Waals surface area contributed by atoms with Crippen LogP contribution in [-0.4, -0.2) is 76.6 Å². The van der Waals surface area contributed by atoms with Crippen LogP contribution in [0.4, 0.5) is 20.6 Å². The molecule has 1 aliphatic heterocycles. The molecule has 3 N–H and O–H groups in total. The molecule has 40 heavy (non-hydrogen) atoms. The topological polar surface area (TPSA) is 124 Å². The number of urea groups is 1. The number of nitrogens with one attached hydrogen (secondary N) is 2. The summed E-state index contributed by atoms with van der Waals surface area (Å²) in [5.74, 6) is -1.26. The average Bonchev–Trinajstić information content (AvgIpc) is 2.96. The van der Waals surface area contributed by atoms with Crippen molar-refractivity contribution in [3.05, 3.63) is 83.9 Å². The third-order valence-electron chi connectivity index (χ3n) is 6.78. The molecular formula is C29H32FN5O5. The Kier molecular flexibility index (Phi) is 8.95. The summed E-state index contributed by atoms with van der Waals surface area (Å²) in [5.41, 5.74) is 1.33. The van der Waals surface area contributed by atoms with E-state index in [0.717, 1.165) is 0 Å². The van der Waals surface area contributed by atoms with Crippen LogP contribution in [0.3, 0.4) is 0 Å². The first-order chi connectivity index (χ1) is 19.2. The number of benzene rings is 2. The van der Waals surface area contributed by atoms with Gasteiger partial charge in [0.15, 0.2) is 5.75 Å². The zero-order valence-electron chi connectivity index (χ0n) is 22.5. The van der Waals surface area contributed by atoms with Gasteiger partial charge in [-0.25, -0.2) is 9.18 Å². The van der Waals surface area contributed by atoms with E-state index in [-0.39, 0.29) is 42.8 Å². The predicted octanol–water partition coefficient (Wildman–Crippen LogP) is 3.86. The molecule has 3 atom stereocenters. The monoisotopic (exact) mass is 549 g/mol. The van der Waals surface area contributed by atoms with Gasteiger partial charge in [0.2, 0.25) is 0 Å². The number of pyridine rings is 1. The third-order valence-corrected chi connectivity index (χ3v) is 6.78. The van der Waals surface area contributed by atoms with Gasteiger partial charge in [0, 0.05) is 43.2 Å².